The van der Waals surface area contributed by atoms with E-state index in [0.717, 1.165) is 18.7 Å². The van der Waals surface area contributed by atoms with Crippen molar-refractivity contribution in [2.75, 3.05) is 5.32 Å². The summed E-state index contributed by atoms with van der Waals surface area (Å²) < 4.78 is 29.8. The molecule has 1 aliphatic rings. The number of hydrogen-bond acceptors (Lipinski definition) is 3. The van der Waals surface area contributed by atoms with E-state index in [1.165, 1.54) is 32.0 Å². The fourth-order valence-corrected chi connectivity index (χ4v) is 2.80. The van der Waals surface area contributed by atoms with Gasteiger partial charge in [0.25, 0.3) is 0 Å². The van der Waals surface area contributed by atoms with Gasteiger partial charge in [-0.2, -0.15) is 5.10 Å². The number of carbonyl (C=O) groups is 2. The molecule has 0 spiro atoms. The lowest BCUT2D eigenvalue weighted by Gasteiger charge is -2.19. The van der Waals surface area contributed by atoms with Crippen LogP contribution in [0.3, 0.4) is 0 Å². The number of nitrogens with one attached hydrogen (secondary N) is 2. The minimum absolute atomic E-state index is 0.300. The van der Waals surface area contributed by atoms with Crippen molar-refractivity contribution >= 4 is 17.5 Å². The Morgan fingerprint density at radius 2 is 2.00 bits per heavy atom. The van der Waals surface area contributed by atoms with Gasteiger partial charge in [0.1, 0.15) is 11.6 Å². The molecule has 2 amide bonds. The molecule has 3 rings (SSSR count). The number of rotatable bonds is 7. The van der Waals surface area contributed by atoms with Gasteiger partial charge in [0.2, 0.25) is 11.8 Å². The Balaban J connectivity index is 1.68. The summed E-state index contributed by atoms with van der Waals surface area (Å²) in [6.45, 7) is 2.04. The second-order valence-corrected chi connectivity index (χ2v) is 6.54. The first-order valence-corrected chi connectivity index (χ1v) is 8.45. The maximum Gasteiger partial charge on any atom is 0.226 e. The van der Waals surface area contributed by atoms with Crippen LogP contribution in [-0.4, -0.2) is 21.6 Å². The number of nitrogens with zero attached hydrogens (tertiary/aromatic N) is 2. The molecule has 1 heterocycles. The molecule has 1 unspecified atom stereocenters. The van der Waals surface area contributed by atoms with E-state index in [0.29, 0.717) is 11.6 Å². The average molecular weight is 362 g/mol. The predicted octanol–water partition coefficient (Wildman–Crippen LogP) is 2.78. The Kier molecular flexibility index (Phi) is 5.29. The van der Waals surface area contributed by atoms with E-state index < -0.39 is 29.5 Å². The van der Waals surface area contributed by atoms with Crippen LogP contribution in [0.1, 0.15) is 37.8 Å². The monoisotopic (exact) mass is 362 g/mol. The first-order chi connectivity index (χ1) is 12.4. The van der Waals surface area contributed by atoms with Crippen molar-refractivity contribution in [2.45, 2.75) is 38.8 Å². The maximum absolute atomic E-state index is 14.0. The largest absolute Gasteiger partial charge is 0.349 e. The Morgan fingerprint density at radius 1 is 1.31 bits per heavy atom. The van der Waals surface area contributed by atoms with Crippen molar-refractivity contribution in [3.63, 3.8) is 0 Å². The zero-order valence-corrected chi connectivity index (χ0v) is 14.3. The molecule has 1 aromatic carbocycles. The third kappa shape index (κ3) is 4.65. The van der Waals surface area contributed by atoms with Gasteiger partial charge in [0.05, 0.1) is 24.3 Å². The molecule has 1 saturated carbocycles. The smallest absolute Gasteiger partial charge is 0.226 e. The van der Waals surface area contributed by atoms with E-state index in [9.17, 15) is 18.4 Å². The van der Waals surface area contributed by atoms with Gasteiger partial charge in [-0.3, -0.25) is 14.3 Å². The number of anilines is 1. The van der Waals surface area contributed by atoms with Crippen LogP contribution in [0, 0.1) is 17.6 Å². The second-order valence-electron chi connectivity index (χ2n) is 6.54. The third-order valence-electron chi connectivity index (χ3n) is 4.17. The van der Waals surface area contributed by atoms with Crippen LogP contribution in [-0.2, 0) is 16.1 Å². The van der Waals surface area contributed by atoms with Gasteiger partial charge in [-0.1, -0.05) is 6.07 Å². The van der Waals surface area contributed by atoms with E-state index in [1.54, 1.807) is 10.9 Å². The summed E-state index contributed by atoms with van der Waals surface area (Å²) in [6.07, 6.45) is 5.32. The summed E-state index contributed by atoms with van der Waals surface area (Å²) >= 11 is 0. The van der Waals surface area contributed by atoms with E-state index in [2.05, 4.69) is 15.7 Å². The Hall–Kier alpha value is -2.77. The fraction of sp³-hybridized carbons (Fsp3) is 0.389. The summed E-state index contributed by atoms with van der Waals surface area (Å²) in [6, 6.07) is 2.31. The van der Waals surface area contributed by atoms with Gasteiger partial charge in [-0.15, -0.1) is 0 Å². The molecule has 1 aliphatic carbocycles. The van der Waals surface area contributed by atoms with Crippen LogP contribution in [0.5, 0.6) is 0 Å². The number of amides is 2. The fourth-order valence-electron chi connectivity index (χ4n) is 2.80. The lowest BCUT2D eigenvalue weighted by atomic mass is 10.0. The van der Waals surface area contributed by atoms with Crippen molar-refractivity contribution < 1.29 is 18.4 Å². The normalized spacial score (nSPS) is 14.7. The zero-order chi connectivity index (χ0) is 18.7. The van der Waals surface area contributed by atoms with Crippen LogP contribution >= 0.6 is 0 Å². The highest BCUT2D eigenvalue weighted by Gasteiger charge is 2.25. The van der Waals surface area contributed by atoms with Gasteiger partial charge >= 0.3 is 0 Å². The van der Waals surface area contributed by atoms with Crippen LogP contribution in [0.4, 0.5) is 14.5 Å². The Bertz CT molecular complexity index is 797. The lowest BCUT2D eigenvalue weighted by Crippen LogP contribution is -2.31. The van der Waals surface area contributed by atoms with Crippen LogP contribution in [0.15, 0.2) is 30.6 Å². The number of aromatic nitrogens is 2. The van der Waals surface area contributed by atoms with E-state index in [-0.39, 0.29) is 12.0 Å². The van der Waals surface area contributed by atoms with Gasteiger partial charge in [-0.25, -0.2) is 8.78 Å². The quantitative estimate of drug-likeness (QED) is 0.795. The summed E-state index contributed by atoms with van der Waals surface area (Å²) in [7, 11) is 0. The molecule has 1 atom stereocenters. The van der Waals surface area contributed by atoms with E-state index >= 15 is 0 Å². The van der Waals surface area contributed by atoms with E-state index in [4.69, 9.17) is 0 Å². The highest BCUT2D eigenvalue weighted by Crippen LogP contribution is 2.30. The maximum atomic E-state index is 14.0. The Morgan fingerprint density at radius 3 is 2.62 bits per heavy atom. The SMILES string of the molecule is CC(=O)NC(CC(=O)Nc1cnn(CC2CC2)c1)c1c(F)cccc1F. The molecule has 0 bridgehead atoms. The summed E-state index contributed by atoms with van der Waals surface area (Å²) in [5.41, 5.74) is 0.175. The molecule has 6 nitrogen and oxygen atoms in total. The van der Waals surface area contributed by atoms with Crippen LogP contribution < -0.4 is 10.6 Å². The molecular formula is C18H20F2N4O2. The van der Waals surface area contributed by atoms with Gasteiger partial charge in [0.15, 0.2) is 0 Å². The van der Waals surface area contributed by atoms with Crippen molar-refractivity contribution in [1.29, 1.82) is 0 Å². The zero-order valence-electron chi connectivity index (χ0n) is 14.3. The number of hydrogen-bond donors (Lipinski definition) is 2. The number of benzene rings is 1. The number of carbonyl (C=O) groups excluding carboxylic acids is 2. The highest BCUT2D eigenvalue weighted by atomic mass is 19.1. The van der Waals surface area contributed by atoms with Crippen molar-refractivity contribution in [1.82, 2.24) is 15.1 Å². The average Bonchev–Trinajstić information content (AvgIpc) is 3.25. The van der Waals surface area contributed by atoms with Crippen molar-refractivity contribution in [2.24, 2.45) is 5.92 Å². The molecule has 26 heavy (non-hydrogen) atoms. The minimum atomic E-state index is -1.10. The van der Waals surface area contributed by atoms with Gasteiger partial charge in [-0.05, 0) is 30.9 Å². The first kappa shape index (κ1) is 18.0. The molecule has 1 aromatic heterocycles. The topological polar surface area (TPSA) is 76.0 Å². The van der Waals surface area contributed by atoms with Gasteiger partial charge in [0, 0.05) is 25.2 Å². The molecule has 1 fully saturated rings. The Labute approximate surface area is 149 Å². The third-order valence-corrected chi connectivity index (χ3v) is 4.17. The summed E-state index contributed by atoms with van der Waals surface area (Å²) in [4.78, 5) is 23.7. The molecule has 2 N–H and O–H groups in total. The molecule has 138 valence electrons. The van der Waals surface area contributed by atoms with E-state index in [1.807, 2.05) is 0 Å². The summed E-state index contributed by atoms with van der Waals surface area (Å²) in [5, 5.41) is 9.26. The highest BCUT2D eigenvalue weighted by molar-refractivity contribution is 5.91. The van der Waals surface area contributed by atoms with Gasteiger partial charge < -0.3 is 10.6 Å². The first-order valence-electron chi connectivity index (χ1n) is 8.45. The molecule has 8 heteroatoms. The standard InChI is InChI=1S/C18H20F2N4O2/c1-11(25)22-16(18-14(19)3-2-4-15(18)20)7-17(26)23-13-8-21-24(10-13)9-12-5-6-12/h2-4,8,10,12,16H,5-7,9H2,1H3,(H,22,25)(H,23,26). The van der Waals surface area contributed by atoms with Crippen LogP contribution in [0.25, 0.3) is 0 Å². The molecule has 0 radical (unpaired) electrons. The number of halogens is 2. The lowest BCUT2D eigenvalue weighted by molar-refractivity contribution is -0.120. The van der Waals surface area contributed by atoms with Crippen molar-refractivity contribution in [3.8, 4) is 0 Å². The molecule has 0 aliphatic heterocycles. The van der Waals surface area contributed by atoms with Crippen LogP contribution in [0.2, 0.25) is 0 Å². The summed E-state index contributed by atoms with van der Waals surface area (Å²) in [5.74, 6) is -1.94. The molecule has 2 aromatic rings. The molecule has 0 saturated heterocycles. The second kappa shape index (κ2) is 7.63. The predicted molar refractivity (Wildman–Crippen MR) is 91.1 cm³/mol. The minimum Gasteiger partial charge on any atom is -0.349 e. The van der Waals surface area contributed by atoms with Crippen molar-refractivity contribution in [3.05, 3.63) is 47.8 Å². The molecular weight excluding hydrogens is 342 g/mol.